The van der Waals surface area contributed by atoms with Crippen LogP contribution >= 0.6 is 11.3 Å². The first kappa shape index (κ1) is 29.3. The van der Waals surface area contributed by atoms with Crippen molar-refractivity contribution in [2.75, 3.05) is 18.0 Å². The lowest BCUT2D eigenvalue weighted by atomic mass is 9.82. The minimum absolute atomic E-state index is 0.0243. The molecular weight excluding hydrogens is 536 g/mol. The number of carbonyl (C=O) groups is 2. The molecule has 1 N–H and O–H groups in total. The number of rotatable bonds is 6. The highest BCUT2D eigenvalue weighted by atomic mass is 32.2. The van der Waals surface area contributed by atoms with Crippen LogP contribution in [0.2, 0.25) is 0 Å². The molecule has 2 aliphatic rings. The van der Waals surface area contributed by atoms with Crippen molar-refractivity contribution in [1.82, 2.24) is 13.9 Å². The Morgan fingerprint density at radius 2 is 1.85 bits per heavy atom. The maximum Gasteiger partial charge on any atom is 0.348 e. The predicted octanol–water partition coefficient (Wildman–Crippen LogP) is 4.51. The first-order valence-corrected chi connectivity index (χ1v) is 15.7. The van der Waals surface area contributed by atoms with Gasteiger partial charge in [-0.15, -0.1) is 11.3 Å². The summed E-state index contributed by atoms with van der Waals surface area (Å²) in [7, 11) is -2.13. The highest BCUT2D eigenvalue weighted by molar-refractivity contribution is 7.89. The fraction of sp³-hybridized carbons (Fsp3) is 0.607. The second-order valence-electron chi connectivity index (χ2n) is 11.8. The van der Waals surface area contributed by atoms with Crippen LogP contribution in [-0.2, 0) is 21.9 Å². The van der Waals surface area contributed by atoms with E-state index in [1.165, 1.54) is 10.5 Å². The normalized spacial score (nSPS) is 22.4. The molecule has 9 nitrogen and oxygen atoms in total. The van der Waals surface area contributed by atoms with Crippen LogP contribution in [0.3, 0.4) is 0 Å². The Morgan fingerprint density at radius 3 is 2.41 bits per heavy atom. The molecule has 0 radical (unpaired) electrons. The predicted molar refractivity (Wildman–Crippen MR) is 151 cm³/mol. The van der Waals surface area contributed by atoms with Crippen molar-refractivity contribution in [2.45, 2.75) is 77.8 Å². The number of amides is 1. The number of hydrogen-bond donors (Lipinski definition) is 1. The van der Waals surface area contributed by atoms with E-state index in [-0.39, 0.29) is 40.2 Å². The van der Waals surface area contributed by atoms with Gasteiger partial charge in [0.15, 0.2) is 5.03 Å². The minimum atomic E-state index is -3.87. The fourth-order valence-corrected chi connectivity index (χ4v) is 7.51. The Bertz CT molecular complexity index is 1400. The number of thiophene rings is 1. The van der Waals surface area contributed by atoms with Crippen LogP contribution in [0.15, 0.2) is 17.3 Å². The van der Waals surface area contributed by atoms with Gasteiger partial charge in [-0.3, -0.25) is 4.79 Å². The second-order valence-corrected chi connectivity index (χ2v) is 14.8. The van der Waals surface area contributed by atoms with Crippen LogP contribution in [0.5, 0.6) is 0 Å². The molecule has 212 valence electrons. The lowest BCUT2D eigenvalue weighted by Crippen LogP contribution is -2.46. The first-order valence-electron chi connectivity index (χ1n) is 13.4. The maximum absolute atomic E-state index is 14.1. The second kappa shape index (κ2) is 11.1. The van der Waals surface area contributed by atoms with Gasteiger partial charge in [0.2, 0.25) is 5.91 Å². The molecule has 1 saturated carbocycles. The highest BCUT2D eigenvalue weighted by Crippen LogP contribution is 2.38. The highest BCUT2D eigenvalue weighted by Gasteiger charge is 2.42. The summed E-state index contributed by atoms with van der Waals surface area (Å²) < 4.78 is 29.8. The van der Waals surface area contributed by atoms with Gasteiger partial charge in [0.1, 0.15) is 10.7 Å². The molecule has 0 unspecified atom stereocenters. The van der Waals surface area contributed by atoms with Crippen molar-refractivity contribution in [3.8, 4) is 11.8 Å². The van der Waals surface area contributed by atoms with E-state index in [0.29, 0.717) is 28.7 Å². The molecule has 2 aromatic rings. The van der Waals surface area contributed by atoms with E-state index < -0.39 is 22.0 Å². The molecule has 0 aromatic carbocycles. The van der Waals surface area contributed by atoms with E-state index in [1.54, 1.807) is 29.5 Å². The molecule has 2 aromatic heterocycles. The molecule has 0 bridgehead atoms. The van der Waals surface area contributed by atoms with Crippen LogP contribution in [0.25, 0.3) is 0 Å². The van der Waals surface area contributed by atoms with Gasteiger partial charge in [-0.25, -0.2) is 18.2 Å². The van der Waals surface area contributed by atoms with Gasteiger partial charge in [-0.05, 0) is 71.8 Å². The number of carbonyl (C=O) groups excluding carboxylic acids is 1. The number of hydrogen-bond acceptors (Lipinski definition) is 6. The van der Waals surface area contributed by atoms with Gasteiger partial charge >= 0.3 is 5.97 Å². The lowest BCUT2D eigenvalue weighted by molar-refractivity contribution is -0.124. The molecule has 1 saturated heterocycles. The minimum Gasteiger partial charge on any atom is -0.477 e. The number of aryl methyl sites for hydroxylation is 2. The third-order valence-corrected chi connectivity index (χ3v) is 10.3. The Hall–Kier alpha value is -2.68. The molecule has 2 fully saturated rings. The van der Waals surface area contributed by atoms with E-state index >= 15 is 0 Å². The van der Waals surface area contributed by atoms with E-state index in [1.807, 2.05) is 20.8 Å². The number of sulfonamides is 1. The largest absolute Gasteiger partial charge is 0.477 e. The molecule has 3 heterocycles. The number of aromatic carboxylic acids is 1. The zero-order valence-corrected chi connectivity index (χ0v) is 25.2. The lowest BCUT2D eigenvalue weighted by Gasteiger charge is -2.34. The van der Waals surface area contributed by atoms with Crippen molar-refractivity contribution >= 4 is 38.9 Å². The van der Waals surface area contributed by atoms with Crippen LogP contribution in [0, 0.1) is 36.0 Å². The van der Waals surface area contributed by atoms with Crippen LogP contribution in [0.1, 0.15) is 80.2 Å². The number of aromatic nitrogens is 2. The summed E-state index contributed by atoms with van der Waals surface area (Å²) in [5, 5.41) is 10.1. The summed E-state index contributed by atoms with van der Waals surface area (Å²) in [5.41, 5.74) is 0.0404. The SMILES string of the molecule is Cc1nc(S(=O)(=O)N2CC[C@H](N(c3cc(C#CC(C)(C)C)sc3C(=O)O)C(=O)[C@H]3CC[C@H](C)CC3)C2)cn1C. The third kappa shape index (κ3) is 6.39. The Kier molecular flexibility index (Phi) is 8.31. The van der Waals surface area contributed by atoms with E-state index in [2.05, 4.69) is 23.7 Å². The summed E-state index contributed by atoms with van der Waals surface area (Å²) in [6, 6.07) is 1.20. The van der Waals surface area contributed by atoms with Gasteiger partial charge in [0.05, 0.1) is 16.6 Å². The standard InChI is InChI=1S/C28H38N4O5S2/c1-18-7-9-20(10-8-18)26(33)32(23-15-22(11-13-28(3,4)5)38-25(23)27(34)35)21-12-14-31(16-21)39(36,37)24-17-30(6)19(2)29-24/h15,17-18,20-21H,7-10,12,14,16H2,1-6H3,(H,34,35)/t18-,20-,21-/m0/s1. The van der Waals surface area contributed by atoms with Crippen molar-refractivity contribution in [2.24, 2.45) is 24.3 Å². The van der Waals surface area contributed by atoms with Crippen LogP contribution in [0.4, 0.5) is 5.69 Å². The third-order valence-electron chi connectivity index (χ3n) is 7.51. The number of anilines is 1. The zero-order chi connectivity index (χ0) is 28.7. The van der Waals surface area contributed by atoms with Crippen LogP contribution in [-0.4, -0.2) is 58.4 Å². The van der Waals surface area contributed by atoms with Crippen molar-refractivity contribution in [3.05, 3.63) is 27.8 Å². The average molecular weight is 575 g/mol. The molecule has 1 aliphatic heterocycles. The number of imidazole rings is 1. The summed E-state index contributed by atoms with van der Waals surface area (Å²) >= 11 is 1.06. The summed E-state index contributed by atoms with van der Waals surface area (Å²) in [6.45, 7) is 10.1. The van der Waals surface area contributed by atoms with E-state index in [0.717, 1.165) is 37.0 Å². The molecule has 11 heteroatoms. The summed E-state index contributed by atoms with van der Waals surface area (Å²) in [4.78, 5) is 32.8. The molecular formula is C28H38N4O5S2. The Labute approximate surface area is 235 Å². The van der Waals surface area contributed by atoms with Gasteiger partial charge in [0, 0.05) is 37.7 Å². The zero-order valence-electron chi connectivity index (χ0n) is 23.5. The number of carboxylic acid groups (broad SMARTS) is 1. The van der Waals surface area contributed by atoms with Crippen molar-refractivity contribution in [3.63, 3.8) is 0 Å². The Morgan fingerprint density at radius 1 is 1.18 bits per heavy atom. The van der Waals surface area contributed by atoms with Crippen molar-refractivity contribution < 1.29 is 23.1 Å². The molecule has 1 amide bonds. The average Bonchev–Trinajstić information content (AvgIpc) is 3.58. The Balaban J connectivity index is 1.72. The fourth-order valence-electron chi connectivity index (χ4n) is 5.15. The van der Waals surface area contributed by atoms with E-state index in [4.69, 9.17) is 0 Å². The smallest absolute Gasteiger partial charge is 0.348 e. The number of carboxylic acids is 1. The molecule has 4 rings (SSSR count). The van der Waals surface area contributed by atoms with E-state index in [9.17, 15) is 23.1 Å². The van der Waals surface area contributed by atoms with Crippen molar-refractivity contribution in [1.29, 1.82) is 0 Å². The van der Waals surface area contributed by atoms with Gasteiger partial charge in [0.25, 0.3) is 10.0 Å². The molecule has 1 atom stereocenters. The quantitative estimate of drug-likeness (QED) is 0.508. The first-order chi connectivity index (χ1) is 18.2. The summed E-state index contributed by atoms with van der Waals surface area (Å²) in [5.74, 6) is 5.88. The topological polar surface area (TPSA) is 113 Å². The molecule has 1 aliphatic carbocycles. The number of nitrogens with zero attached hydrogens (tertiary/aromatic N) is 4. The van der Waals surface area contributed by atoms with Gasteiger partial charge in [-0.1, -0.05) is 18.8 Å². The maximum atomic E-state index is 14.1. The monoisotopic (exact) mass is 574 g/mol. The summed E-state index contributed by atoms with van der Waals surface area (Å²) in [6.07, 6.45) is 5.24. The van der Waals surface area contributed by atoms with Crippen LogP contribution < -0.4 is 4.90 Å². The van der Waals surface area contributed by atoms with Gasteiger partial charge in [-0.2, -0.15) is 4.31 Å². The molecule has 39 heavy (non-hydrogen) atoms. The molecule has 0 spiro atoms. The van der Waals surface area contributed by atoms with Gasteiger partial charge < -0.3 is 14.6 Å².